The maximum atomic E-state index is 4.83. The fourth-order valence-electron chi connectivity index (χ4n) is 3.06. The van der Waals surface area contributed by atoms with E-state index < -0.39 is 0 Å². The van der Waals surface area contributed by atoms with Crippen molar-refractivity contribution in [2.45, 2.75) is 0 Å². The number of rotatable bonds is 2. The first kappa shape index (κ1) is 21.6. The molecule has 28 heavy (non-hydrogen) atoms. The summed E-state index contributed by atoms with van der Waals surface area (Å²) in [6, 6.07) is 18.8. The van der Waals surface area contributed by atoms with Gasteiger partial charge in [-0.05, 0) is 87.6 Å². The van der Waals surface area contributed by atoms with E-state index in [1.165, 1.54) is 16.9 Å². The number of para-hydroxylation sites is 1. The molecule has 0 unspecified atom stereocenters. The Morgan fingerprint density at radius 3 is 1.93 bits per heavy atom. The molecular formula is C25H18BrFeN+2. The molecule has 0 amide bonds. The summed E-state index contributed by atoms with van der Waals surface area (Å²) in [5, 5.41) is 1.19. The van der Waals surface area contributed by atoms with Crippen LogP contribution in [0.25, 0.3) is 22.2 Å². The van der Waals surface area contributed by atoms with Crippen molar-refractivity contribution in [1.82, 2.24) is 4.98 Å². The van der Waals surface area contributed by atoms with Gasteiger partial charge in [0.05, 0.1) is 11.2 Å². The van der Waals surface area contributed by atoms with Crippen molar-refractivity contribution in [3.05, 3.63) is 128 Å². The largest absolute Gasteiger partial charge is 2.00 e. The Morgan fingerprint density at radius 2 is 1.29 bits per heavy atom. The molecule has 5 rings (SSSR count). The number of aromatic nitrogens is 1. The van der Waals surface area contributed by atoms with Crippen molar-refractivity contribution in [2.75, 3.05) is 0 Å². The summed E-state index contributed by atoms with van der Waals surface area (Å²) in [5.41, 5.74) is 4.39. The van der Waals surface area contributed by atoms with Gasteiger partial charge in [0.1, 0.15) is 0 Å². The number of fused-ring (bicyclic) bond motifs is 1. The molecular weight excluding hydrogens is 450 g/mol. The molecule has 1 nitrogen and oxygen atoms in total. The van der Waals surface area contributed by atoms with Crippen molar-refractivity contribution in [3.63, 3.8) is 0 Å². The Kier molecular flexibility index (Phi) is 8.14. The van der Waals surface area contributed by atoms with E-state index in [-0.39, 0.29) is 17.1 Å². The molecule has 136 valence electrons. The van der Waals surface area contributed by atoms with Gasteiger partial charge >= 0.3 is 17.1 Å². The predicted molar refractivity (Wildman–Crippen MR) is 116 cm³/mol. The number of nitrogens with zero attached hydrogens (tertiary/aromatic N) is 1. The van der Waals surface area contributed by atoms with E-state index in [1.54, 1.807) is 0 Å². The van der Waals surface area contributed by atoms with Gasteiger partial charge in [0.25, 0.3) is 0 Å². The molecule has 10 radical (unpaired) electrons. The standard InChI is InChI=1S/C20H13BrN.C5H5.Fe/c21-16-11-9-15(10-12-16)20-13-18(14-5-1-2-6-14)17-7-3-4-8-19(17)22-20;1-2-4-5-3-1;/h1-13H;1-5H;/q;;+2. The van der Waals surface area contributed by atoms with E-state index in [0.717, 1.165) is 21.2 Å². The smallest absolute Gasteiger partial charge is 0.248 e. The normalized spacial score (nSPS) is 16.5. The Morgan fingerprint density at radius 1 is 0.679 bits per heavy atom. The maximum absolute atomic E-state index is 4.83. The van der Waals surface area contributed by atoms with Crippen molar-refractivity contribution < 1.29 is 17.1 Å². The number of hydrogen-bond acceptors (Lipinski definition) is 1. The zero-order valence-corrected chi connectivity index (χ0v) is 17.8. The number of hydrogen-bond donors (Lipinski definition) is 0. The second kappa shape index (κ2) is 10.6. The van der Waals surface area contributed by atoms with E-state index in [9.17, 15) is 0 Å². The summed E-state index contributed by atoms with van der Waals surface area (Å²) in [7, 11) is 0. The topological polar surface area (TPSA) is 12.9 Å². The molecule has 0 spiro atoms. The molecule has 0 saturated heterocycles. The van der Waals surface area contributed by atoms with Gasteiger partial charge in [-0.3, -0.25) is 0 Å². The Hall–Kier alpha value is -1.15. The van der Waals surface area contributed by atoms with Crippen LogP contribution >= 0.6 is 15.9 Å². The molecule has 2 aliphatic rings. The van der Waals surface area contributed by atoms with Gasteiger partial charge < -0.3 is 0 Å². The molecule has 3 heteroatoms. The van der Waals surface area contributed by atoms with Gasteiger partial charge in [-0.25, -0.2) is 4.98 Å². The SMILES string of the molecule is Brc1ccc(-c2cc([C]3[CH][CH][CH][CH]3)c3ccccc3n2)cc1.[CH]1[CH][CH][CH][CH]1.[Fe+2]. The van der Waals surface area contributed by atoms with E-state index >= 15 is 0 Å². The van der Waals surface area contributed by atoms with Crippen molar-refractivity contribution in [2.24, 2.45) is 0 Å². The first-order valence-corrected chi connectivity index (χ1v) is 9.65. The molecule has 0 bridgehead atoms. The third-order valence-corrected chi connectivity index (χ3v) is 4.91. The quantitative estimate of drug-likeness (QED) is 0.395. The molecule has 2 aromatic carbocycles. The summed E-state index contributed by atoms with van der Waals surface area (Å²) in [6.07, 6.45) is 18.4. The van der Waals surface area contributed by atoms with Gasteiger partial charge in [-0.1, -0.05) is 46.3 Å². The van der Waals surface area contributed by atoms with E-state index in [2.05, 4.69) is 78.0 Å². The van der Waals surface area contributed by atoms with E-state index in [0.29, 0.717) is 0 Å². The van der Waals surface area contributed by atoms with Crippen molar-refractivity contribution >= 4 is 26.8 Å². The summed E-state index contributed by atoms with van der Waals surface area (Å²) >= 11 is 3.48. The van der Waals surface area contributed by atoms with Crippen LogP contribution in [0.2, 0.25) is 0 Å². The first-order valence-electron chi connectivity index (χ1n) is 8.86. The van der Waals surface area contributed by atoms with Crippen LogP contribution in [0.4, 0.5) is 0 Å². The minimum absolute atomic E-state index is 0. The first-order chi connectivity index (χ1) is 13.3. The maximum Gasteiger partial charge on any atom is 2.00 e. The molecule has 0 aliphatic heterocycles. The van der Waals surface area contributed by atoms with Crippen LogP contribution in [0, 0.1) is 63.7 Å². The Bertz CT molecular complexity index is 873. The second-order valence-corrected chi connectivity index (χ2v) is 7.13. The van der Waals surface area contributed by atoms with Crippen LogP contribution in [0.1, 0.15) is 5.56 Å². The van der Waals surface area contributed by atoms with Gasteiger partial charge in [0, 0.05) is 21.3 Å². The third-order valence-electron chi connectivity index (χ3n) is 4.39. The number of pyridine rings is 1. The minimum Gasteiger partial charge on any atom is -0.248 e. The van der Waals surface area contributed by atoms with E-state index in [4.69, 9.17) is 4.98 Å². The molecule has 2 saturated carbocycles. The van der Waals surface area contributed by atoms with Crippen molar-refractivity contribution in [1.29, 1.82) is 0 Å². The van der Waals surface area contributed by atoms with E-state index in [1.807, 2.05) is 50.3 Å². The average Bonchev–Trinajstić information content (AvgIpc) is 3.44. The van der Waals surface area contributed by atoms with Crippen LogP contribution in [-0.2, 0) is 17.1 Å². The fraction of sp³-hybridized carbons (Fsp3) is 0. The van der Waals surface area contributed by atoms with Gasteiger partial charge in [0.2, 0.25) is 0 Å². The predicted octanol–water partition coefficient (Wildman–Crippen LogP) is 6.44. The summed E-state index contributed by atoms with van der Waals surface area (Å²) in [5.74, 6) is 1.23. The van der Waals surface area contributed by atoms with Crippen LogP contribution in [0.5, 0.6) is 0 Å². The van der Waals surface area contributed by atoms with Crippen molar-refractivity contribution in [3.8, 4) is 11.3 Å². The van der Waals surface area contributed by atoms with Gasteiger partial charge in [-0.15, -0.1) is 0 Å². The second-order valence-electron chi connectivity index (χ2n) is 6.21. The number of benzene rings is 2. The Balaban J connectivity index is 0.000000329. The summed E-state index contributed by atoms with van der Waals surface area (Å²) < 4.78 is 1.08. The molecule has 0 N–H and O–H groups in total. The zero-order chi connectivity index (χ0) is 18.5. The minimum atomic E-state index is 0. The van der Waals surface area contributed by atoms with Gasteiger partial charge in [-0.2, -0.15) is 0 Å². The third kappa shape index (κ3) is 5.26. The Labute approximate surface area is 187 Å². The van der Waals surface area contributed by atoms with Crippen LogP contribution in [-0.4, -0.2) is 4.98 Å². The van der Waals surface area contributed by atoms with Crippen LogP contribution in [0.15, 0.2) is 59.1 Å². The molecule has 3 aromatic rings. The molecule has 0 atom stereocenters. The zero-order valence-electron chi connectivity index (χ0n) is 15.1. The van der Waals surface area contributed by atoms with Crippen LogP contribution in [0.3, 0.4) is 0 Å². The monoisotopic (exact) mass is 467 g/mol. The fourth-order valence-corrected chi connectivity index (χ4v) is 3.32. The average molecular weight is 468 g/mol. The summed E-state index contributed by atoms with van der Waals surface area (Å²) in [4.78, 5) is 4.83. The number of halogens is 1. The molecule has 2 aliphatic carbocycles. The molecule has 1 aromatic heterocycles. The van der Waals surface area contributed by atoms with Crippen LogP contribution < -0.4 is 0 Å². The molecule has 2 fully saturated rings. The molecule has 1 heterocycles. The summed E-state index contributed by atoms with van der Waals surface area (Å²) in [6.45, 7) is 0. The van der Waals surface area contributed by atoms with Gasteiger partial charge in [0.15, 0.2) is 0 Å².